The molecule has 0 saturated carbocycles. The summed E-state index contributed by atoms with van der Waals surface area (Å²) in [4.78, 5) is 185. The van der Waals surface area contributed by atoms with E-state index in [2.05, 4.69) is 20.7 Å². The van der Waals surface area contributed by atoms with Crippen LogP contribution in [0.15, 0.2) is 109 Å². The van der Waals surface area contributed by atoms with Crippen LogP contribution in [0.4, 0.5) is 45.0 Å². The third-order valence-corrected chi connectivity index (χ3v) is 20.2. The van der Waals surface area contributed by atoms with E-state index in [0.717, 1.165) is 15.4 Å². The van der Waals surface area contributed by atoms with Gasteiger partial charge in [0.25, 0.3) is 29.5 Å². The molecule has 0 aliphatic carbocycles. The van der Waals surface area contributed by atoms with Gasteiger partial charge in [-0.2, -0.15) is 0 Å². The third kappa shape index (κ3) is 19.3. The second-order valence-corrected chi connectivity index (χ2v) is 29.4. The van der Waals surface area contributed by atoms with Crippen LogP contribution in [0.3, 0.4) is 0 Å². The number of imide groups is 3. The molecule has 0 radical (unpaired) electrons. The molecule has 6 heterocycles. The molecule has 113 heavy (non-hydrogen) atoms. The van der Waals surface area contributed by atoms with Crippen LogP contribution in [0.5, 0.6) is 0 Å². The van der Waals surface area contributed by atoms with Gasteiger partial charge < -0.3 is 49.8 Å². The first-order valence-corrected chi connectivity index (χ1v) is 36.0. The molecule has 610 valence electrons. The van der Waals surface area contributed by atoms with Gasteiger partial charge in [0.05, 0.1) is 49.1 Å². The van der Waals surface area contributed by atoms with Crippen molar-refractivity contribution in [1.82, 2.24) is 40.4 Å². The number of aliphatic carboxylic acids is 1. The fraction of sp³-hybridized carbons (Fsp3) is 0.443. The maximum atomic E-state index is 14.3. The van der Waals surface area contributed by atoms with Crippen molar-refractivity contribution in [3.63, 3.8) is 0 Å². The molecule has 11 rings (SSSR count). The van der Waals surface area contributed by atoms with E-state index in [1.54, 1.807) is 150 Å². The molecular weight excluding hydrogens is 1520 g/mol. The van der Waals surface area contributed by atoms with Crippen LogP contribution < -0.4 is 30.7 Å². The number of nitrogens with zero attached hydrogens (tertiary/aromatic N) is 8. The number of benzene rings is 5. The van der Waals surface area contributed by atoms with Gasteiger partial charge in [0.1, 0.15) is 45.9 Å². The Morgan fingerprint density at radius 3 is 1.06 bits per heavy atom. The first kappa shape index (κ1) is 90.8. The van der Waals surface area contributed by atoms with Crippen LogP contribution in [0, 0.1) is 37.3 Å². The summed E-state index contributed by atoms with van der Waals surface area (Å²) in [6.45, 7) is 18.1. The highest BCUT2D eigenvalue weighted by atomic mass is 35.5. The summed E-state index contributed by atoms with van der Waals surface area (Å²) in [5, 5.41) is 17.2. The lowest BCUT2D eigenvalue weighted by Crippen LogP contribution is -2.60. The molecule has 0 aromatic heterocycles. The van der Waals surface area contributed by atoms with Gasteiger partial charge in [-0.25, -0.2) is 47.1 Å². The topological polar surface area (TPSA) is 358 Å². The van der Waals surface area contributed by atoms with Gasteiger partial charge in [-0.05, 0) is 195 Å². The number of amides is 13. The van der Waals surface area contributed by atoms with Crippen molar-refractivity contribution in [3.8, 4) is 0 Å². The molecule has 13 amide bonds. The number of carbonyl (C=O) groups excluding carboxylic acids is 13. The summed E-state index contributed by atoms with van der Waals surface area (Å²) >= 11 is 0. The normalized spacial score (nSPS) is 17.2. The van der Waals surface area contributed by atoms with Gasteiger partial charge >= 0.3 is 48.1 Å². The summed E-state index contributed by atoms with van der Waals surface area (Å²) < 4.78 is 47.3. The smallest absolute Gasteiger partial charge is 0.410 e. The lowest BCUT2D eigenvalue weighted by Gasteiger charge is -2.43. The van der Waals surface area contributed by atoms with Crippen LogP contribution in [-0.2, 0) is 42.9 Å². The number of methoxy groups -OCH3 is 3. The average molecular weight is 1610 g/mol. The lowest BCUT2D eigenvalue weighted by molar-refractivity contribution is -0.140. The van der Waals surface area contributed by atoms with E-state index in [4.69, 9.17) is 19.3 Å². The summed E-state index contributed by atoms with van der Waals surface area (Å²) in [6, 6.07) is 24.3. The minimum atomic E-state index is -1.20. The molecule has 6 saturated heterocycles. The average Bonchev–Trinajstić information content (AvgIpc) is 1.59. The van der Waals surface area contributed by atoms with E-state index in [9.17, 15) is 75.9 Å². The van der Waals surface area contributed by atoms with E-state index in [-0.39, 0.29) is 103 Å². The molecular formula is C79H97Cl2F2N11O19. The van der Waals surface area contributed by atoms with E-state index < -0.39 is 99.8 Å². The molecule has 5 aromatic carbocycles. The highest BCUT2D eigenvalue weighted by molar-refractivity contribution is 6.19. The zero-order valence-corrected chi connectivity index (χ0v) is 67.3. The number of carboxylic acids is 1. The van der Waals surface area contributed by atoms with E-state index >= 15 is 0 Å². The first-order chi connectivity index (χ1) is 52.2. The summed E-state index contributed by atoms with van der Waals surface area (Å²) in [7, 11) is 8.27. The van der Waals surface area contributed by atoms with Crippen molar-refractivity contribution in [3.05, 3.63) is 160 Å². The number of urea groups is 3. The number of esters is 3. The molecule has 0 unspecified atom stereocenters. The number of halogens is 4. The number of nitrogens with one attached hydrogen (secondary N) is 3. The highest BCUT2D eigenvalue weighted by Crippen LogP contribution is 2.44. The van der Waals surface area contributed by atoms with E-state index in [1.165, 1.54) is 93.6 Å². The van der Waals surface area contributed by atoms with E-state index in [0.29, 0.717) is 91.2 Å². The SMILES string of the molecule is COC(=O)c1ccc(N2C(=O)N(C)C(=O)C23CCN(C(=O)OC(C)(C)C)CC3)cc1.COC(=O)c1ccc(N2C(=O)N(C)C(=O)C23CCN(C(=O)[C@H](NC(=O)c2cc(C)ccc2F)C(C)C)CC3)cc1.COC(=O)c1ccc(N2C(=O)N(C)C(=O)C23CCNCC3)cc1.Cc1ccc(F)c(C(=O)N[C@@H](C(=O)O)C(C)C)c1.Cl.Cl. The predicted molar refractivity (Wildman–Crippen MR) is 415 cm³/mol. The van der Waals surface area contributed by atoms with Crippen LogP contribution >= 0.6 is 24.8 Å². The fourth-order valence-corrected chi connectivity index (χ4v) is 14.1. The largest absolute Gasteiger partial charge is 0.480 e. The molecule has 34 heteroatoms. The molecule has 2 atom stereocenters. The van der Waals surface area contributed by atoms with E-state index in [1.807, 2.05) is 0 Å². The number of carboxylic acid groups (broad SMARTS) is 1. The Morgan fingerprint density at radius 1 is 0.469 bits per heavy atom. The van der Waals surface area contributed by atoms with Crippen molar-refractivity contribution < 1.29 is 100.0 Å². The van der Waals surface area contributed by atoms with Crippen molar-refractivity contribution in [2.24, 2.45) is 11.8 Å². The van der Waals surface area contributed by atoms with Gasteiger partial charge in [0, 0.05) is 64.4 Å². The molecule has 6 fully saturated rings. The Labute approximate surface area is 665 Å². The summed E-state index contributed by atoms with van der Waals surface area (Å²) in [5.41, 5.74) is 0.0912. The van der Waals surface area contributed by atoms with Crippen LogP contribution in [-0.4, -0.2) is 229 Å². The Balaban J connectivity index is 0.000000243. The maximum absolute atomic E-state index is 14.3. The second kappa shape index (κ2) is 37.5. The summed E-state index contributed by atoms with van der Waals surface area (Å²) in [5.74, 6) is -7.04. The van der Waals surface area contributed by atoms with Crippen molar-refractivity contribution in [1.29, 1.82) is 0 Å². The quantitative estimate of drug-likeness (QED) is 0.0456. The number of carbonyl (C=O) groups is 14. The number of anilines is 3. The van der Waals surface area contributed by atoms with Gasteiger partial charge in [-0.1, -0.05) is 51.0 Å². The minimum Gasteiger partial charge on any atom is -0.480 e. The van der Waals surface area contributed by atoms with Crippen LogP contribution in [0.25, 0.3) is 0 Å². The van der Waals surface area contributed by atoms with Crippen molar-refractivity contribution >= 4 is 125 Å². The zero-order valence-electron chi connectivity index (χ0n) is 65.6. The molecule has 0 bridgehead atoms. The minimum absolute atomic E-state index is 0. The summed E-state index contributed by atoms with van der Waals surface area (Å²) in [6.07, 6.45) is 1.65. The van der Waals surface area contributed by atoms with Crippen molar-refractivity contribution in [2.45, 2.75) is 135 Å². The van der Waals surface area contributed by atoms with Gasteiger partial charge in [-0.15, -0.1) is 24.8 Å². The maximum Gasteiger partial charge on any atom is 0.410 e. The highest BCUT2D eigenvalue weighted by Gasteiger charge is 2.61. The van der Waals surface area contributed by atoms with Gasteiger partial charge in [0.15, 0.2) is 0 Å². The number of piperidine rings is 3. The zero-order chi connectivity index (χ0) is 82.1. The predicted octanol–water partition coefficient (Wildman–Crippen LogP) is 9.59. The number of aryl methyl sites for hydroxylation is 2. The Hall–Kier alpha value is -11.1. The monoisotopic (exact) mass is 1610 g/mol. The van der Waals surface area contributed by atoms with Crippen LogP contribution in [0.2, 0.25) is 0 Å². The molecule has 3 spiro atoms. The molecule has 6 aliphatic heterocycles. The molecule has 5 aromatic rings. The second-order valence-electron chi connectivity index (χ2n) is 29.4. The Bertz CT molecular complexity index is 4430. The number of hydrogen-bond acceptors (Lipinski definition) is 19. The number of rotatable bonds is 14. The number of likely N-dealkylation sites (tertiary alicyclic amines) is 2. The Morgan fingerprint density at radius 2 is 0.770 bits per heavy atom. The van der Waals surface area contributed by atoms with Gasteiger partial charge in [0.2, 0.25) is 5.91 Å². The van der Waals surface area contributed by atoms with Gasteiger partial charge in [-0.3, -0.25) is 58.2 Å². The fourth-order valence-electron chi connectivity index (χ4n) is 14.1. The first-order valence-electron chi connectivity index (χ1n) is 36.0. The number of likely N-dealkylation sites (N-methyl/N-ethyl adjacent to an activating group) is 3. The van der Waals surface area contributed by atoms with Crippen molar-refractivity contribution in [2.75, 3.05) is 96.4 Å². The molecule has 6 aliphatic rings. The number of ether oxygens (including phenoxy) is 4. The number of hydrogen-bond donors (Lipinski definition) is 4. The Kier molecular flexibility index (Phi) is 30.1. The third-order valence-electron chi connectivity index (χ3n) is 20.2. The molecule has 4 N–H and O–H groups in total. The van der Waals surface area contributed by atoms with Crippen LogP contribution in [0.1, 0.15) is 150 Å². The lowest BCUT2D eigenvalue weighted by atomic mass is 9.85. The standard InChI is InChI=1S/C29H33FN4O6.C21H27N3O6.C16H19N3O4.C13H16FNO3.2ClH/c1-17(2)23(31-24(35)21-16-18(3)6-11-22(21)30)25(36)33-14-12-29(13-15-33)27(38)32(4)28(39)34(29)20-9-7-19(8-10-20)26(37)40-5;1-20(2,3)30-19(28)23-12-10-21(11-13-23)17(26)22(4)18(27)24(21)15-8-6-14(7-9-15)16(25)29-5;1-18-14(21)16(7-9-17-10-8-16)19(15(18)22)12-5-3-11(4-6-12)13(20)23-2;1-7(2)11(13(17)18)15-12(16)9-6-8(3)4-5-10(9)14;;/h6-11,16-17,23H,12-15H2,1-5H3,(H,31,35);6-9H,10-13H2,1-5H3;3-6,17H,7-10H2,1-2H3;4-7,11H,1-3H3,(H,15,16)(H,17,18);2*1H/t23-;;;11-;;/m1..1../s1. The molecule has 30 nitrogen and oxygen atoms in total.